The highest BCUT2D eigenvalue weighted by atomic mass is 19.2. The molecule has 1 radical (unpaired) electrons. The Labute approximate surface area is 58.5 Å². The molecule has 1 aromatic carbocycles. The zero-order valence-electron chi connectivity index (χ0n) is 5.57. The molecule has 1 rings (SSSR count). The first-order chi connectivity index (χ1) is 4.75. The Morgan fingerprint density at radius 2 is 2.00 bits per heavy atom. The topological polar surface area (TPSA) is 0 Å². The van der Waals surface area contributed by atoms with E-state index >= 15 is 0 Å². The van der Waals surface area contributed by atoms with Crippen molar-refractivity contribution in [3.63, 3.8) is 0 Å². The molecule has 0 spiro atoms. The SMILES string of the molecule is C[CH]c1cccc(F)c1F. The van der Waals surface area contributed by atoms with Gasteiger partial charge in [-0.25, -0.2) is 8.78 Å². The Hall–Kier alpha value is -0.920. The van der Waals surface area contributed by atoms with Gasteiger partial charge in [-0.15, -0.1) is 0 Å². The monoisotopic (exact) mass is 141 g/mol. The Bertz CT molecular complexity index is 231. The lowest BCUT2D eigenvalue weighted by Gasteiger charge is -1.97. The molecule has 0 atom stereocenters. The van der Waals surface area contributed by atoms with Gasteiger partial charge in [-0.05, 0) is 18.1 Å². The maximum Gasteiger partial charge on any atom is 0.162 e. The van der Waals surface area contributed by atoms with E-state index < -0.39 is 11.6 Å². The van der Waals surface area contributed by atoms with Gasteiger partial charge in [-0.2, -0.15) is 0 Å². The lowest BCUT2D eigenvalue weighted by molar-refractivity contribution is 0.504. The first kappa shape index (κ1) is 7.19. The molecule has 0 amide bonds. The second-order valence-corrected chi connectivity index (χ2v) is 1.93. The van der Waals surface area contributed by atoms with Gasteiger partial charge in [0.2, 0.25) is 0 Å². The summed E-state index contributed by atoms with van der Waals surface area (Å²) in [7, 11) is 0. The predicted molar refractivity (Wildman–Crippen MR) is 35.4 cm³/mol. The van der Waals surface area contributed by atoms with Crippen molar-refractivity contribution in [2.45, 2.75) is 6.92 Å². The lowest BCUT2D eigenvalue weighted by Crippen LogP contribution is -1.89. The van der Waals surface area contributed by atoms with Gasteiger partial charge in [0.15, 0.2) is 11.6 Å². The molecule has 10 heavy (non-hydrogen) atoms. The van der Waals surface area contributed by atoms with Crippen LogP contribution in [-0.2, 0) is 0 Å². The maximum absolute atomic E-state index is 12.6. The highest BCUT2D eigenvalue weighted by Gasteiger charge is 2.03. The van der Waals surface area contributed by atoms with Crippen LogP contribution in [0, 0.1) is 18.1 Å². The van der Waals surface area contributed by atoms with E-state index in [4.69, 9.17) is 0 Å². The summed E-state index contributed by atoms with van der Waals surface area (Å²) in [5.74, 6) is -1.57. The second-order valence-electron chi connectivity index (χ2n) is 1.93. The molecule has 0 aliphatic carbocycles. The van der Waals surface area contributed by atoms with Gasteiger partial charge in [-0.3, -0.25) is 0 Å². The van der Waals surface area contributed by atoms with Crippen LogP contribution in [-0.4, -0.2) is 0 Å². The molecule has 0 heterocycles. The van der Waals surface area contributed by atoms with Crippen LogP contribution in [0.5, 0.6) is 0 Å². The third-order valence-corrected chi connectivity index (χ3v) is 1.29. The van der Waals surface area contributed by atoms with Crippen LogP contribution in [0.25, 0.3) is 0 Å². The minimum atomic E-state index is -0.796. The summed E-state index contributed by atoms with van der Waals surface area (Å²) < 4.78 is 25.0. The largest absolute Gasteiger partial charge is 0.204 e. The van der Waals surface area contributed by atoms with Crippen LogP contribution >= 0.6 is 0 Å². The molecule has 0 fully saturated rings. The number of halogens is 2. The zero-order valence-corrected chi connectivity index (χ0v) is 5.57. The Kier molecular flexibility index (Phi) is 2.00. The molecule has 0 aromatic heterocycles. The molecule has 0 nitrogen and oxygen atoms in total. The normalized spacial score (nSPS) is 9.90. The van der Waals surface area contributed by atoms with Crippen LogP contribution in [0.1, 0.15) is 12.5 Å². The van der Waals surface area contributed by atoms with Crippen LogP contribution in [0.2, 0.25) is 0 Å². The minimum absolute atomic E-state index is 0.306. The van der Waals surface area contributed by atoms with Crippen molar-refractivity contribution in [2.75, 3.05) is 0 Å². The van der Waals surface area contributed by atoms with Gasteiger partial charge in [0.05, 0.1) is 0 Å². The van der Waals surface area contributed by atoms with Crippen molar-refractivity contribution >= 4 is 0 Å². The van der Waals surface area contributed by atoms with Gasteiger partial charge in [0.1, 0.15) is 0 Å². The molecule has 0 aliphatic heterocycles. The van der Waals surface area contributed by atoms with E-state index in [9.17, 15) is 8.78 Å². The number of benzene rings is 1. The third-order valence-electron chi connectivity index (χ3n) is 1.29. The van der Waals surface area contributed by atoms with Gasteiger partial charge in [0.25, 0.3) is 0 Å². The van der Waals surface area contributed by atoms with E-state index in [1.807, 2.05) is 0 Å². The van der Waals surface area contributed by atoms with Crippen LogP contribution in [0.4, 0.5) is 8.78 Å². The highest BCUT2D eigenvalue weighted by molar-refractivity contribution is 5.24. The predicted octanol–water partition coefficient (Wildman–Crippen LogP) is 2.54. The van der Waals surface area contributed by atoms with Crippen LogP contribution in [0.3, 0.4) is 0 Å². The molecule has 53 valence electrons. The molecular weight excluding hydrogens is 134 g/mol. The van der Waals surface area contributed by atoms with E-state index in [2.05, 4.69) is 0 Å². The fraction of sp³-hybridized carbons (Fsp3) is 0.125. The van der Waals surface area contributed by atoms with E-state index in [-0.39, 0.29) is 0 Å². The summed E-state index contributed by atoms with van der Waals surface area (Å²) in [6.45, 7) is 1.66. The van der Waals surface area contributed by atoms with E-state index in [1.165, 1.54) is 18.6 Å². The molecule has 2 heteroatoms. The summed E-state index contributed by atoms with van der Waals surface area (Å²) >= 11 is 0. The second kappa shape index (κ2) is 2.78. The smallest absolute Gasteiger partial charge is 0.162 e. The van der Waals surface area contributed by atoms with E-state index in [1.54, 1.807) is 6.92 Å². The lowest BCUT2D eigenvalue weighted by atomic mass is 10.1. The first-order valence-corrected chi connectivity index (χ1v) is 2.99. The van der Waals surface area contributed by atoms with Gasteiger partial charge < -0.3 is 0 Å². The summed E-state index contributed by atoms with van der Waals surface area (Å²) in [6.07, 6.45) is 1.53. The van der Waals surface area contributed by atoms with Crippen LogP contribution in [0.15, 0.2) is 18.2 Å². The molecule has 0 aliphatic rings. The van der Waals surface area contributed by atoms with Crippen molar-refractivity contribution < 1.29 is 8.78 Å². The maximum atomic E-state index is 12.6. The molecule has 1 aromatic rings. The summed E-state index contributed by atoms with van der Waals surface area (Å²) in [4.78, 5) is 0. The van der Waals surface area contributed by atoms with Crippen molar-refractivity contribution in [2.24, 2.45) is 0 Å². The molecule has 0 saturated carbocycles. The minimum Gasteiger partial charge on any atom is -0.204 e. The van der Waals surface area contributed by atoms with Crippen molar-refractivity contribution in [3.05, 3.63) is 41.8 Å². The summed E-state index contributed by atoms with van der Waals surface area (Å²) in [5.41, 5.74) is 0.306. The number of rotatable bonds is 1. The molecule has 0 N–H and O–H groups in total. The Morgan fingerprint density at radius 3 is 2.50 bits per heavy atom. The molecule has 0 bridgehead atoms. The molecule has 0 saturated heterocycles. The Morgan fingerprint density at radius 1 is 1.30 bits per heavy atom. The fourth-order valence-electron chi connectivity index (χ4n) is 0.743. The van der Waals surface area contributed by atoms with Crippen molar-refractivity contribution in [1.29, 1.82) is 0 Å². The fourth-order valence-corrected chi connectivity index (χ4v) is 0.743. The van der Waals surface area contributed by atoms with Crippen molar-refractivity contribution in [1.82, 2.24) is 0 Å². The first-order valence-electron chi connectivity index (χ1n) is 2.99. The van der Waals surface area contributed by atoms with Crippen molar-refractivity contribution in [3.8, 4) is 0 Å². The van der Waals surface area contributed by atoms with E-state index in [0.29, 0.717) is 5.56 Å². The molecule has 0 unspecified atom stereocenters. The highest BCUT2D eigenvalue weighted by Crippen LogP contribution is 2.11. The Balaban J connectivity index is 3.14. The van der Waals surface area contributed by atoms with E-state index in [0.717, 1.165) is 6.07 Å². The van der Waals surface area contributed by atoms with Crippen LogP contribution < -0.4 is 0 Å². The van der Waals surface area contributed by atoms with Gasteiger partial charge in [-0.1, -0.05) is 19.1 Å². The summed E-state index contributed by atoms with van der Waals surface area (Å²) in [6, 6.07) is 4.11. The average Bonchev–Trinajstić information content (AvgIpc) is 1.95. The standard InChI is InChI=1S/C8H7F2/c1-2-6-4-3-5-7(9)8(6)10/h2-5H,1H3. The number of hydrogen-bond acceptors (Lipinski definition) is 0. The zero-order chi connectivity index (χ0) is 7.56. The quantitative estimate of drug-likeness (QED) is 0.563. The average molecular weight is 141 g/mol. The summed E-state index contributed by atoms with van der Waals surface area (Å²) in [5, 5.41) is 0. The third kappa shape index (κ3) is 1.15. The van der Waals surface area contributed by atoms with Gasteiger partial charge >= 0.3 is 0 Å². The number of hydrogen-bond donors (Lipinski definition) is 0. The van der Waals surface area contributed by atoms with Gasteiger partial charge in [0, 0.05) is 0 Å². The molecular formula is C8H7F2.